The van der Waals surface area contributed by atoms with Gasteiger partial charge in [-0.15, -0.1) is 0 Å². The fourth-order valence-corrected chi connectivity index (χ4v) is 5.42. The topological polar surface area (TPSA) is 89.3 Å². The van der Waals surface area contributed by atoms with E-state index in [1.807, 2.05) is 42.5 Å². The van der Waals surface area contributed by atoms with Gasteiger partial charge in [-0.1, -0.05) is 36.4 Å². The number of rotatable bonds is 9. The Morgan fingerprint density at radius 1 is 1.19 bits per heavy atom. The van der Waals surface area contributed by atoms with E-state index in [2.05, 4.69) is 15.6 Å². The van der Waals surface area contributed by atoms with Crippen LogP contribution < -0.4 is 16.4 Å². The SMILES string of the molecule is CO[C@@]1(c2ccccc2)CN[C@@H](C(=O)Nc2cc(CC[C@@](N)(c3ccncc3)C3CC3)ccc2F)C1. The molecule has 188 valence electrons. The van der Waals surface area contributed by atoms with E-state index in [0.717, 1.165) is 36.0 Å². The second-order valence-electron chi connectivity index (χ2n) is 10.1. The number of carbonyl (C=O) groups is 1. The first-order valence-electron chi connectivity index (χ1n) is 12.6. The molecule has 0 bridgehead atoms. The summed E-state index contributed by atoms with van der Waals surface area (Å²) in [5.74, 6) is -0.288. The monoisotopic (exact) mass is 488 g/mol. The number of anilines is 1. The Kier molecular flexibility index (Phi) is 6.88. The predicted molar refractivity (Wildman–Crippen MR) is 138 cm³/mol. The normalized spacial score (nSPS) is 23.2. The Morgan fingerprint density at radius 2 is 1.94 bits per heavy atom. The molecule has 0 spiro atoms. The van der Waals surface area contributed by atoms with E-state index >= 15 is 0 Å². The van der Waals surface area contributed by atoms with Gasteiger partial charge >= 0.3 is 0 Å². The summed E-state index contributed by atoms with van der Waals surface area (Å²) >= 11 is 0. The van der Waals surface area contributed by atoms with Crippen molar-refractivity contribution in [2.75, 3.05) is 19.0 Å². The average Bonchev–Trinajstić information content (AvgIpc) is 3.69. The van der Waals surface area contributed by atoms with Crippen LogP contribution in [0.4, 0.5) is 10.1 Å². The quantitative estimate of drug-likeness (QED) is 0.419. The van der Waals surface area contributed by atoms with Crippen LogP contribution in [0, 0.1) is 11.7 Å². The summed E-state index contributed by atoms with van der Waals surface area (Å²) in [6, 6.07) is 18.2. The summed E-state index contributed by atoms with van der Waals surface area (Å²) in [5.41, 5.74) is 9.09. The van der Waals surface area contributed by atoms with Gasteiger partial charge in [0, 0.05) is 38.0 Å². The number of nitrogens with zero attached hydrogens (tertiary/aromatic N) is 1. The van der Waals surface area contributed by atoms with Crippen molar-refractivity contribution < 1.29 is 13.9 Å². The molecule has 36 heavy (non-hydrogen) atoms. The Hall–Kier alpha value is -3.13. The van der Waals surface area contributed by atoms with Gasteiger partial charge in [0.15, 0.2) is 0 Å². The third kappa shape index (κ3) is 4.91. The Bertz CT molecular complexity index is 1200. The van der Waals surface area contributed by atoms with E-state index in [1.165, 1.54) is 6.07 Å². The largest absolute Gasteiger partial charge is 0.372 e. The first-order valence-corrected chi connectivity index (χ1v) is 12.6. The number of nitrogens with two attached hydrogens (primary N) is 1. The van der Waals surface area contributed by atoms with Gasteiger partial charge in [-0.05, 0) is 72.6 Å². The smallest absolute Gasteiger partial charge is 0.241 e. The van der Waals surface area contributed by atoms with Crippen LogP contribution >= 0.6 is 0 Å². The molecule has 1 aromatic heterocycles. The van der Waals surface area contributed by atoms with Gasteiger partial charge in [-0.2, -0.15) is 0 Å². The van der Waals surface area contributed by atoms with Crippen molar-refractivity contribution >= 4 is 11.6 Å². The highest BCUT2D eigenvalue weighted by Gasteiger charge is 2.44. The van der Waals surface area contributed by atoms with Gasteiger partial charge in [-0.3, -0.25) is 9.78 Å². The van der Waals surface area contributed by atoms with Crippen LogP contribution in [0.2, 0.25) is 0 Å². The van der Waals surface area contributed by atoms with Crippen LogP contribution in [0.5, 0.6) is 0 Å². The van der Waals surface area contributed by atoms with Crippen molar-refractivity contribution in [2.45, 2.75) is 49.3 Å². The lowest BCUT2D eigenvalue weighted by molar-refractivity contribution is -0.118. The molecule has 1 aliphatic heterocycles. The van der Waals surface area contributed by atoms with Crippen molar-refractivity contribution in [3.63, 3.8) is 0 Å². The van der Waals surface area contributed by atoms with Crippen molar-refractivity contribution in [3.8, 4) is 0 Å². The molecule has 6 nitrogen and oxygen atoms in total. The van der Waals surface area contributed by atoms with Crippen molar-refractivity contribution in [1.82, 2.24) is 10.3 Å². The number of benzene rings is 2. The van der Waals surface area contributed by atoms with Gasteiger partial charge in [-0.25, -0.2) is 4.39 Å². The maximum atomic E-state index is 14.7. The van der Waals surface area contributed by atoms with Gasteiger partial charge in [0.05, 0.1) is 11.7 Å². The minimum absolute atomic E-state index is 0.187. The summed E-state index contributed by atoms with van der Waals surface area (Å²) in [6.07, 6.45) is 7.66. The van der Waals surface area contributed by atoms with E-state index in [9.17, 15) is 9.18 Å². The van der Waals surface area contributed by atoms with Gasteiger partial charge in [0.2, 0.25) is 5.91 Å². The minimum Gasteiger partial charge on any atom is -0.372 e. The van der Waals surface area contributed by atoms with Gasteiger partial charge < -0.3 is 21.1 Å². The van der Waals surface area contributed by atoms with Crippen molar-refractivity contribution in [1.29, 1.82) is 0 Å². The second kappa shape index (κ2) is 10.1. The highest BCUT2D eigenvalue weighted by molar-refractivity contribution is 5.95. The molecule has 1 saturated heterocycles. The molecule has 2 aliphatic rings. The zero-order chi connectivity index (χ0) is 25.2. The molecule has 2 aromatic carbocycles. The number of methoxy groups -OCH3 is 1. The molecule has 7 heteroatoms. The molecule has 0 unspecified atom stereocenters. The van der Waals surface area contributed by atoms with Crippen LogP contribution in [0.3, 0.4) is 0 Å². The highest BCUT2D eigenvalue weighted by Crippen LogP contribution is 2.46. The van der Waals surface area contributed by atoms with Gasteiger partial charge in [0.25, 0.3) is 0 Å². The summed E-state index contributed by atoms with van der Waals surface area (Å²) in [5, 5.41) is 6.05. The van der Waals surface area contributed by atoms with E-state index in [4.69, 9.17) is 10.5 Å². The van der Waals surface area contributed by atoms with E-state index in [-0.39, 0.29) is 11.6 Å². The fraction of sp³-hybridized carbons (Fsp3) is 0.379. The number of amides is 1. The summed E-state index contributed by atoms with van der Waals surface area (Å²) in [4.78, 5) is 17.2. The number of hydrogen-bond donors (Lipinski definition) is 3. The first-order chi connectivity index (χ1) is 17.4. The van der Waals surface area contributed by atoms with Crippen molar-refractivity contribution in [3.05, 3.63) is 95.6 Å². The highest BCUT2D eigenvalue weighted by atomic mass is 19.1. The molecule has 2 fully saturated rings. The molecule has 4 N–H and O–H groups in total. The maximum Gasteiger partial charge on any atom is 0.241 e. The number of pyridine rings is 1. The summed E-state index contributed by atoms with van der Waals surface area (Å²) < 4.78 is 20.5. The third-order valence-corrected chi connectivity index (χ3v) is 7.81. The van der Waals surface area contributed by atoms with Crippen LogP contribution in [0.1, 0.15) is 42.4 Å². The molecule has 1 saturated carbocycles. The minimum atomic E-state index is -0.593. The molecule has 3 atom stereocenters. The maximum absolute atomic E-state index is 14.7. The lowest BCUT2D eigenvalue weighted by Crippen LogP contribution is -2.39. The van der Waals surface area contributed by atoms with Crippen LogP contribution in [0.25, 0.3) is 0 Å². The number of carbonyl (C=O) groups excluding carboxylic acids is 1. The number of halogens is 1. The molecule has 0 radical (unpaired) electrons. The molecule has 1 aliphatic carbocycles. The lowest BCUT2D eigenvalue weighted by atomic mass is 9.81. The fourth-order valence-electron chi connectivity index (χ4n) is 5.42. The number of hydrogen-bond acceptors (Lipinski definition) is 5. The average molecular weight is 489 g/mol. The van der Waals surface area contributed by atoms with Crippen LogP contribution in [0.15, 0.2) is 73.1 Å². The van der Waals surface area contributed by atoms with Crippen molar-refractivity contribution in [2.24, 2.45) is 11.7 Å². The number of aryl methyl sites for hydroxylation is 1. The van der Waals surface area contributed by atoms with E-state index < -0.39 is 23.0 Å². The molecular formula is C29H33FN4O2. The third-order valence-electron chi connectivity index (χ3n) is 7.81. The van der Waals surface area contributed by atoms with Gasteiger partial charge in [0.1, 0.15) is 11.4 Å². The summed E-state index contributed by atoms with van der Waals surface area (Å²) in [7, 11) is 1.66. The Morgan fingerprint density at radius 3 is 2.64 bits per heavy atom. The number of ether oxygens (including phenoxy) is 1. The van der Waals surface area contributed by atoms with Crippen LogP contribution in [-0.2, 0) is 27.1 Å². The molecular weight excluding hydrogens is 455 g/mol. The van der Waals surface area contributed by atoms with Crippen LogP contribution in [-0.4, -0.2) is 30.6 Å². The second-order valence-corrected chi connectivity index (χ2v) is 10.1. The standard InChI is InChI=1S/C29H33FN4O2/c1-36-28(21-5-3-2-4-6-21)18-26(33-19-28)27(35)34-25-17-20(7-10-24(25)30)11-14-29(31,22-8-9-22)23-12-15-32-16-13-23/h2-7,10,12-13,15-17,22,26,33H,8-9,11,14,18-19,31H2,1H3,(H,34,35)/t26-,28-,29+/m1/s1. The number of nitrogens with one attached hydrogen (secondary N) is 2. The Balaban J connectivity index is 1.26. The van der Waals surface area contributed by atoms with E-state index in [1.54, 1.807) is 31.6 Å². The number of aromatic nitrogens is 1. The zero-order valence-electron chi connectivity index (χ0n) is 20.5. The zero-order valence-corrected chi connectivity index (χ0v) is 20.5. The lowest BCUT2D eigenvalue weighted by Gasteiger charge is -2.30. The molecule has 1 amide bonds. The first kappa shape index (κ1) is 24.6. The molecule has 3 aromatic rings. The predicted octanol–water partition coefficient (Wildman–Crippen LogP) is 4.26. The summed E-state index contributed by atoms with van der Waals surface area (Å²) in [6.45, 7) is 0.503. The molecule has 5 rings (SSSR count). The van der Waals surface area contributed by atoms with E-state index in [0.29, 0.717) is 25.3 Å². The Labute approximate surface area is 211 Å². The molecule has 2 heterocycles.